The van der Waals surface area contributed by atoms with Gasteiger partial charge in [-0.05, 0) is 13.8 Å². The average Bonchev–Trinajstić information content (AvgIpc) is 2.76. The fourth-order valence-electron chi connectivity index (χ4n) is 3.45. The van der Waals surface area contributed by atoms with E-state index >= 15 is 0 Å². The summed E-state index contributed by atoms with van der Waals surface area (Å²) in [6, 6.07) is 9.82. The number of para-hydroxylation sites is 1. The summed E-state index contributed by atoms with van der Waals surface area (Å²) >= 11 is 0. The molecule has 9 heteroatoms. The van der Waals surface area contributed by atoms with Crippen LogP contribution in [0.25, 0.3) is 0 Å². The second-order valence-corrected chi connectivity index (χ2v) is 6.89. The molecule has 1 amide bonds. The van der Waals surface area contributed by atoms with Gasteiger partial charge < -0.3 is 24.4 Å². The molecule has 0 aliphatic carbocycles. The van der Waals surface area contributed by atoms with Crippen LogP contribution in [-0.2, 0) is 16.0 Å². The topological polar surface area (TPSA) is 103 Å². The van der Waals surface area contributed by atoms with Gasteiger partial charge in [-0.3, -0.25) is 14.9 Å². The second-order valence-electron chi connectivity index (χ2n) is 6.89. The molecule has 0 aromatic heterocycles. The van der Waals surface area contributed by atoms with E-state index in [0.717, 1.165) is 18.8 Å². The Labute approximate surface area is 181 Å². The fourth-order valence-corrected chi connectivity index (χ4v) is 3.45. The summed E-state index contributed by atoms with van der Waals surface area (Å²) in [5, 5.41) is 14.1. The third-order valence-corrected chi connectivity index (χ3v) is 4.83. The van der Waals surface area contributed by atoms with E-state index in [0.29, 0.717) is 49.2 Å². The van der Waals surface area contributed by atoms with E-state index in [-0.39, 0.29) is 18.0 Å². The van der Waals surface area contributed by atoms with Crippen LogP contribution in [0.3, 0.4) is 0 Å². The first-order chi connectivity index (χ1) is 15.0. The average molecular weight is 429 g/mol. The Morgan fingerprint density at radius 2 is 1.81 bits per heavy atom. The fraction of sp³-hybridized carbons (Fsp3) is 0.409. The van der Waals surface area contributed by atoms with Crippen molar-refractivity contribution in [2.45, 2.75) is 20.3 Å². The van der Waals surface area contributed by atoms with Gasteiger partial charge in [-0.25, -0.2) is 0 Å². The summed E-state index contributed by atoms with van der Waals surface area (Å²) in [4.78, 5) is 25.6. The number of nitro groups is 1. The van der Waals surface area contributed by atoms with Crippen LogP contribution in [0.1, 0.15) is 19.4 Å². The molecule has 0 radical (unpaired) electrons. The van der Waals surface area contributed by atoms with Gasteiger partial charge in [0.1, 0.15) is 11.5 Å². The zero-order valence-corrected chi connectivity index (χ0v) is 17.8. The van der Waals surface area contributed by atoms with Crippen molar-refractivity contribution in [2.75, 3.05) is 49.7 Å². The highest BCUT2D eigenvalue weighted by Crippen LogP contribution is 2.39. The van der Waals surface area contributed by atoms with Crippen molar-refractivity contribution in [3.05, 3.63) is 52.1 Å². The van der Waals surface area contributed by atoms with Crippen LogP contribution >= 0.6 is 0 Å². The molecule has 1 heterocycles. The van der Waals surface area contributed by atoms with Crippen LogP contribution in [0.15, 0.2) is 36.4 Å². The molecule has 2 aromatic carbocycles. The Balaban J connectivity index is 1.87. The molecule has 0 bridgehead atoms. The summed E-state index contributed by atoms with van der Waals surface area (Å²) in [7, 11) is 0. The van der Waals surface area contributed by atoms with Crippen molar-refractivity contribution < 1.29 is 23.9 Å². The van der Waals surface area contributed by atoms with E-state index in [2.05, 4.69) is 10.2 Å². The number of nitrogens with one attached hydrogen (secondary N) is 1. The number of hydrogen-bond donors (Lipinski definition) is 1. The van der Waals surface area contributed by atoms with Crippen LogP contribution in [0.4, 0.5) is 17.1 Å². The van der Waals surface area contributed by atoms with E-state index in [4.69, 9.17) is 14.2 Å². The Kier molecular flexibility index (Phi) is 7.66. The van der Waals surface area contributed by atoms with Crippen molar-refractivity contribution in [3.63, 3.8) is 0 Å². The summed E-state index contributed by atoms with van der Waals surface area (Å²) in [5.41, 5.74) is 1.61. The van der Waals surface area contributed by atoms with Crippen molar-refractivity contribution in [1.82, 2.24) is 0 Å². The van der Waals surface area contributed by atoms with E-state index in [1.54, 1.807) is 24.3 Å². The molecule has 1 N–H and O–H groups in total. The van der Waals surface area contributed by atoms with Gasteiger partial charge in [0.15, 0.2) is 0 Å². The monoisotopic (exact) mass is 429 g/mol. The summed E-state index contributed by atoms with van der Waals surface area (Å²) in [5.74, 6) is 0.772. The molecule has 1 saturated heterocycles. The maximum Gasteiger partial charge on any atom is 0.273 e. The Morgan fingerprint density at radius 3 is 2.48 bits per heavy atom. The van der Waals surface area contributed by atoms with Gasteiger partial charge in [-0.2, -0.15) is 0 Å². The molecule has 31 heavy (non-hydrogen) atoms. The lowest BCUT2D eigenvalue weighted by atomic mass is 10.1. The van der Waals surface area contributed by atoms with Gasteiger partial charge in [-0.15, -0.1) is 0 Å². The maximum absolute atomic E-state index is 12.7. The minimum atomic E-state index is -0.488. The first-order valence-electron chi connectivity index (χ1n) is 10.3. The Hall–Kier alpha value is -3.33. The second kappa shape index (κ2) is 10.6. The molecule has 2 aromatic rings. The summed E-state index contributed by atoms with van der Waals surface area (Å²) in [6.07, 6.45) is -0.127. The van der Waals surface area contributed by atoms with Crippen LogP contribution in [0.5, 0.6) is 11.5 Å². The first-order valence-corrected chi connectivity index (χ1v) is 10.3. The molecular weight excluding hydrogens is 402 g/mol. The predicted octanol–water partition coefficient (Wildman–Crippen LogP) is 3.41. The number of benzene rings is 2. The van der Waals surface area contributed by atoms with Crippen LogP contribution in [0.2, 0.25) is 0 Å². The SMILES string of the molecule is CCOc1cc(N2CCOCC2)c(OCC)cc1NC(=O)Cc1ccccc1[N+](=O)[O-]. The normalized spacial score (nSPS) is 13.5. The molecular formula is C22H27N3O6. The highest BCUT2D eigenvalue weighted by molar-refractivity contribution is 5.95. The van der Waals surface area contributed by atoms with Crippen LogP contribution < -0.4 is 19.7 Å². The number of anilines is 2. The lowest BCUT2D eigenvalue weighted by Crippen LogP contribution is -2.36. The molecule has 1 aliphatic heterocycles. The smallest absolute Gasteiger partial charge is 0.273 e. The predicted molar refractivity (Wildman–Crippen MR) is 117 cm³/mol. The zero-order valence-electron chi connectivity index (χ0n) is 17.8. The van der Waals surface area contributed by atoms with Crippen molar-refractivity contribution in [1.29, 1.82) is 0 Å². The number of ether oxygens (including phenoxy) is 3. The molecule has 0 spiro atoms. The van der Waals surface area contributed by atoms with Crippen LogP contribution in [-0.4, -0.2) is 50.3 Å². The number of rotatable bonds is 9. The molecule has 0 atom stereocenters. The van der Waals surface area contributed by atoms with Gasteiger partial charge in [0.2, 0.25) is 5.91 Å². The minimum absolute atomic E-state index is 0.0830. The molecule has 1 fully saturated rings. The minimum Gasteiger partial charge on any atom is -0.492 e. The highest BCUT2D eigenvalue weighted by atomic mass is 16.6. The molecule has 3 rings (SSSR count). The van der Waals surface area contributed by atoms with Crippen molar-refractivity contribution in [3.8, 4) is 11.5 Å². The number of amides is 1. The largest absolute Gasteiger partial charge is 0.492 e. The van der Waals surface area contributed by atoms with E-state index in [9.17, 15) is 14.9 Å². The Bertz CT molecular complexity index is 927. The van der Waals surface area contributed by atoms with Gasteiger partial charge in [0.05, 0.1) is 49.1 Å². The van der Waals surface area contributed by atoms with E-state index < -0.39 is 4.92 Å². The van der Waals surface area contributed by atoms with Gasteiger partial charge in [0.25, 0.3) is 5.69 Å². The third kappa shape index (κ3) is 5.64. The van der Waals surface area contributed by atoms with Gasteiger partial charge in [0, 0.05) is 36.9 Å². The quantitative estimate of drug-likeness (QED) is 0.481. The molecule has 1 aliphatic rings. The summed E-state index contributed by atoms with van der Waals surface area (Å²) in [6.45, 7) is 7.37. The standard InChI is InChI=1S/C22H27N3O6/c1-3-30-20-15-19(24-9-11-29-12-10-24)21(31-4-2)14-17(20)23-22(26)13-16-7-5-6-8-18(16)25(27)28/h5-8,14-15H,3-4,9-13H2,1-2H3,(H,23,26). The number of nitrogens with zero attached hydrogens (tertiary/aromatic N) is 2. The molecule has 9 nitrogen and oxygen atoms in total. The van der Waals surface area contributed by atoms with Crippen molar-refractivity contribution in [2.24, 2.45) is 0 Å². The summed E-state index contributed by atoms with van der Waals surface area (Å²) < 4.78 is 17.1. The van der Waals surface area contributed by atoms with E-state index in [1.165, 1.54) is 6.07 Å². The highest BCUT2D eigenvalue weighted by Gasteiger charge is 2.21. The van der Waals surface area contributed by atoms with Gasteiger partial charge in [-0.1, -0.05) is 18.2 Å². The first kappa shape index (κ1) is 22.4. The van der Waals surface area contributed by atoms with Crippen molar-refractivity contribution >= 4 is 23.0 Å². The number of carbonyl (C=O) groups excluding carboxylic acids is 1. The lowest BCUT2D eigenvalue weighted by Gasteiger charge is -2.31. The lowest BCUT2D eigenvalue weighted by molar-refractivity contribution is -0.385. The number of carbonyl (C=O) groups is 1. The maximum atomic E-state index is 12.7. The van der Waals surface area contributed by atoms with Gasteiger partial charge >= 0.3 is 0 Å². The Morgan fingerprint density at radius 1 is 1.13 bits per heavy atom. The molecule has 166 valence electrons. The molecule has 0 unspecified atom stereocenters. The number of nitro benzene ring substituents is 1. The van der Waals surface area contributed by atoms with E-state index in [1.807, 2.05) is 19.9 Å². The zero-order chi connectivity index (χ0) is 22.2. The number of hydrogen-bond acceptors (Lipinski definition) is 7. The van der Waals surface area contributed by atoms with Crippen LogP contribution in [0, 0.1) is 10.1 Å². The number of morpholine rings is 1. The molecule has 0 saturated carbocycles. The third-order valence-electron chi connectivity index (χ3n) is 4.83.